The second-order valence-corrected chi connectivity index (χ2v) is 8.53. The summed E-state index contributed by atoms with van der Waals surface area (Å²) < 4.78 is 106. The van der Waals surface area contributed by atoms with E-state index in [2.05, 4.69) is 9.97 Å². The Morgan fingerprint density at radius 3 is 2.60 bits per heavy atom. The number of nitrogens with zero attached hydrogens (tertiary/aromatic N) is 2. The number of hydrogen-bond donors (Lipinski definition) is 2. The van der Waals surface area contributed by atoms with E-state index in [4.69, 9.17) is 10.5 Å². The molecule has 1 saturated heterocycles. The zero-order chi connectivity index (χ0) is 25.4. The Bertz CT molecular complexity index is 1420. The summed E-state index contributed by atoms with van der Waals surface area (Å²) in [5, 5.41) is -0.275. The summed E-state index contributed by atoms with van der Waals surface area (Å²) in [6, 6.07) is 0.474. The predicted molar refractivity (Wildman–Crippen MR) is 112 cm³/mol. The molecule has 3 aromatic rings. The number of anilines is 2. The van der Waals surface area contributed by atoms with E-state index in [1.165, 1.54) is 4.90 Å². The molecule has 1 aromatic heterocycles. The van der Waals surface area contributed by atoms with Crippen LogP contribution in [0.15, 0.2) is 16.9 Å². The van der Waals surface area contributed by atoms with E-state index in [-0.39, 0.29) is 31.0 Å². The highest BCUT2D eigenvalue weighted by molar-refractivity contribution is 5.94. The molecule has 0 bridgehead atoms. The SMILES string of the molecule is Cc1c(F)c(N)cc(-c2c(F)cc3c(N4CCOC[C@H]5[C@H](F)[C@H]54)nc(=O)[nH]c3c2F)c1C(F)(F)F. The number of hydrogen-bond acceptors (Lipinski definition) is 5. The Hall–Kier alpha value is -3.35. The molecule has 0 radical (unpaired) electrons. The lowest BCUT2D eigenvalue weighted by Crippen LogP contribution is -2.33. The van der Waals surface area contributed by atoms with Crippen LogP contribution < -0.4 is 16.3 Å². The first-order valence-corrected chi connectivity index (χ1v) is 10.5. The molecule has 0 spiro atoms. The number of aromatic amines is 1. The Labute approximate surface area is 192 Å². The van der Waals surface area contributed by atoms with Crippen LogP contribution in [0.3, 0.4) is 0 Å². The zero-order valence-corrected chi connectivity index (χ0v) is 17.9. The average molecular weight is 502 g/mol. The highest BCUT2D eigenvalue weighted by atomic mass is 19.4. The van der Waals surface area contributed by atoms with Crippen molar-refractivity contribution in [3.8, 4) is 11.1 Å². The molecular weight excluding hydrogens is 485 g/mol. The maximum Gasteiger partial charge on any atom is 0.417 e. The minimum atomic E-state index is -5.18. The second kappa shape index (κ2) is 7.83. The second-order valence-electron chi connectivity index (χ2n) is 8.53. The van der Waals surface area contributed by atoms with E-state index in [0.717, 1.165) is 6.92 Å². The molecule has 5 rings (SSSR count). The van der Waals surface area contributed by atoms with Crippen LogP contribution in [0.2, 0.25) is 0 Å². The molecule has 2 aromatic carbocycles. The zero-order valence-electron chi connectivity index (χ0n) is 17.9. The van der Waals surface area contributed by atoms with Gasteiger partial charge in [0.05, 0.1) is 41.6 Å². The van der Waals surface area contributed by atoms with Crippen molar-refractivity contribution in [1.82, 2.24) is 9.97 Å². The maximum atomic E-state index is 15.7. The number of ether oxygens (including phenoxy) is 1. The fourth-order valence-electron chi connectivity index (χ4n) is 4.74. The molecule has 3 N–H and O–H groups in total. The molecule has 3 atom stereocenters. The van der Waals surface area contributed by atoms with E-state index in [9.17, 15) is 26.7 Å². The van der Waals surface area contributed by atoms with E-state index in [0.29, 0.717) is 12.1 Å². The quantitative estimate of drug-likeness (QED) is 0.408. The van der Waals surface area contributed by atoms with Gasteiger partial charge in [-0.3, -0.25) is 0 Å². The molecule has 0 unspecified atom stereocenters. The van der Waals surface area contributed by atoms with Gasteiger partial charge in [0.25, 0.3) is 0 Å². The maximum absolute atomic E-state index is 15.7. The van der Waals surface area contributed by atoms with Gasteiger partial charge in [0.1, 0.15) is 23.6 Å². The van der Waals surface area contributed by atoms with Crippen molar-refractivity contribution < 1.29 is 35.5 Å². The largest absolute Gasteiger partial charge is 0.417 e. The number of nitrogens with two attached hydrogens (primary N) is 1. The number of H-pyrrole nitrogens is 1. The molecule has 186 valence electrons. The van der Waals surface area contributed by atoms with Crippen LogP contribution in [0.1, 0.15) is 11.1 Å². The Morgan fingerprint density at radius 1 is 1.20 bits per heavy atom. The third-order valence-electron chi connectivity index (χ3n) is 6.43. The lowest BCUT2D eigenvalue weighted by atomic mass is 9.92. The number of fused-ring (bicyclic) bond motifs is 2. The molecule has 2 aliphatic rings. The van der Waals surface area contributed by atoms with Gasteiger partial charge in [-0.1, -0.05) is 0 Å². The van der Waals surface area contributed by atoms with Crippen LogP contribution in [0.5, 0.6) is 0 Å². The lowest BCUT2D eigenvalue weighted by molar-refractivity contribution is -0.137. The van der Waals surface area contributed by atoms with Gasteiger partial charge in [0, 0.05) is 23.4 Å². The Kier molecular flexibility index (Phi) is 5.24. The van der Waals surface area contributed by atoms with E-state index >= 15 is 8.78 Å². The minimum Gasteiger partial charge on any atom is -0.396 e. The van der Waals surface area contributed by atoms with Crippen molar-refractivity contribution in [2.75, 3.05) is 30.4 Å². The number of rotatable bonds is 2. The number of alkyl halides is 4. The summed E-state index contributed by atoms with van der Waals surface area (Å²) in [5.74, 6) is -5.07. The topological polar surface area (TPSA) is 84.2 Å². The number of nitrogen functional groups attached to an aromatic ring is 1. The summed E-state index contributed by atoms with van der Waals surface area (Å²) in [7, 11) is 0. The third kappa shape index (κ3) is 3.60. The smallest absolute Gasteiger partial charge is 0.396 e. The molecule has 1 aliphatic carbocycles. The van der Waals surface area contributed by atoms with Gasteiger partial charge in [0.2, 0.25) is 0 Å². The Balaban J connectivity index is 1.78. The fraction of sp³-hybridized carbons (Fsp3) is 0.364. The van der Waals surface area contributed by atoms with Crippen molar-refractivity contribution >= 4 is 22.4 Å². The number of benzene rings is 2. The molecule has 6 nitrogen and oxygen atoms in total. The summed E-state index contributed by atoms with van der Waals surface area (Å²) in [6.07, 6.45) is -6.48. The van der Waals surface area contributed by atoms with Crippen LogP contribution in [-0.2, 0) is 10.9 Å². The highest BCUT2D eigenvalue weighted by Crippen LogP contribution is 2.46. The summed E-state index contributed by atoms with van der Waals surface area (Å²) in [5.41, 5.74) is -1.71. The first-order valence-electron chi connectivity index (χ1n) is 10.5. The van der Waals surface area contributed by atoms with Crippen LogP contribution in [0.4, 0.5) is 42.2 Å². The molecule has 1 saturated carbocycles. The Morgan fingerprint density at radius 2 is 1.91 bits per heavy atom. The molecule has 35 heavy (non-hydrogen) atoms. The van der Waals surface area contributed by atoms with Crippen molar-refractivity contribution in [3.63, 3.8) is 0 Å². The van der Waals surface area contributed by atoms with Gasteiger partial charge in [-0.05, 0) is 24.6 Å². The number of nitrogens with one attached hydrogen (secondary N) is 1. The fourth-order valence-corrected chi connectivity index (χ4v) is 4.74. The van der Waals surface area contributed by atoms with Crippen LogP contribution in [0.25, 0.3) is 22.0 Å². The van der Waals surface area contributed by atoms with Gasteiger partial charge in [-0.25, -0.2) is 22.4 Å². The van der Waals surface area contributed by atoms with Crippen molar-refractivity contribution in [2.45, 2.75) is 25.3 Å². The summed E-state index contributed by atoms with van der Waals surface area (Å²) >= 11 is 0. The number of halogens is 7. The van der Waals surface area contributed by atoms with Crippen molar-refractivity contribution in [3.05, 3.63) is 51.2 Å². The third-order valence-corrected chi connectivity index (χ3v) is 6.43. The van der Waals surface area contributed by atoms with Crippen molar-refractivity contribution in [2.24, 2.45) is 5.92 Å². The lowest BCUT2D eigenvalue weighted by Gasteiger charge is -2.24. The van der Waals surface area contributed by atoms with Gasteiger partial charge >= 0.3 is 11.9 Å². The normalized spacial score (nSPS) is 22.3. The monoisotopic (exact) mass is 502 g/mol. The number of aromatic nitrogens is 2. The molecule has 2 heterocycles. The minimum absolute atomic E-state index is 0.0735. The van der Waals surface area contributed by atoms with Crippen LogP contribution >= 0.6 is 0 Å². The predicted octanol–water partition coefficient (Wildman–Crippen LogP) is 4.09. The highest BCUT2D eigenvalue weighted by Gasteiger charge is 2.56. The summed E-state index contributed by atoms with van der Waals surface area (Å²) in [4.78, 5) is 19.5. The van der Waals surface area contributed by atoms with Crippen LogP contribution in [0, 0.1) is 30.3 Å². The molecule has 1 aliphatic heterocycles. The van der Waals surface area contributed by atoms with Crippen molar-refractivity contribution in [1.29, 1.82) is 0 Å². The molecule has 13 heteroatoms. The van der Waals surface area contributed by atoms with Gasteiger partial charge in [-0.15, -0.1) is 0 Å². The standard InChI is InChI=1S/C22H17F7N4O2/c1-7-14(22(27,28)29)8(5-12(30)15(7)24)13-11(23)4-9-18(17(13)26)31-21(34)32-20(9)33-2-3-35-6-10-16(25)19(10)33/h4-5,10,16,19H,2-3,6,30H2,1H3,(H,31,32,34)/t10-,16-,19-/m0/s1. The van der Waals surface area contributed by atoms with Gasteiger partial charge in [-0.2, -0.15) is 18.2 Å². The first kappa shape index (κ1) is 23.4. The molecule has 0 amide bonds. The van der Waals surface area contributed by atoms with E-state index in [1.807, 2.05) is 0 Å². The van der Waals surface area contributed by atoms with E-state index in [1.54, 1.807) is 0 Å². The first-order chi connectivity index (χ1) is 16.4. The van der Waals surface area contributed by atoms with Gasteiger partial charge in [0.15, 0.2) is 5.82 Å². The average Bonchev–Trinajstić information content (AvgIpc) is 3.45. The molecular formula is C22H17F7N4O2. The molecule has 2 fully saturated rings. The summed E-state index contributed by atoms with van der Waals surface area (Å²) in [6.45, 7) is 1.13. The van der Waals surface area contributed by atoms with Gasteiger partial charge < -0.3 is 20.4 Å². The van der Waals surface area contributed by atoms with E-state index < -0.39 is 80.9 Å². The van der Waals surface area contributed by atoms with Crippen LogP contribution in [-0.4, -0.2) is 41.9 Å².